The van der Waals surface area contributed by atoms with Crippen LogP contribution in [-0.2, 0) is 11.3 Å². The fourth-order valence-corrected chi connectivity index (χ4v) is 3.05. The molecule has 0 saturated heterocycles. The first-order chi connectivity index (χ1) is 13.2. The fourth-order valence-electron chi connectivity index (χ4n) is 3.05. The first-order valence-electron chi connectivity index (χ1n) is 9.19. The minimum atomic E-state index is -0.0955. The molecular formula is C21H26N2O4. The molecule has 3 rings (SSSR count). The van der Waals surface area contributed by atoms with Crippen LogP contribution in [0.2, 0.25) is 0 Å². The lowest BCUT2D eigenvalue weighted by atomic mass is 10.2. The number of nitrogens with one attached hydrogen (secondary N) is 1. The summed E-state index contributed by atoms with van der Waals surface area (Å²) in [6, 6.07) is 15.3. The van der Waals surface area contributed by atoms with Gasteiger partial charge in [0.2, 0.25) is 5.91 Å². The number of hydrogen-bond acceptors (Lipinski definition) is 5. The third-order valence-corrected chi connectivity index (χ3v) is 4.51. The van der Waals surface area contributed by atoms with Crippen molar-refractivity contribution in [1.82, 2.24) is 10.2 Å². The van der Waals surface area contributed by atoms with E-state index in [2.05, 4.69) is 10.2 Å². The molecule has 1 N–H and O–H groups in total. The van der Waals surface area contributed by atoms with Crippen LogP contribution in [0.5, 0.6) is 17.2 Å². The molecule has 1 aliphatic heterocycles. The zero-order chi connectivity index (χ0) is 19.1. The van der Waals surface area contributed by atoms with Crippen molar-refractivity contribution in [1.29, 1.82) is 0 Å². The van der Waals surface area contributed by atoms with Gasteiger partial charge < -0.3 is 19.5 Å². The normalized spacial score (nSPS) is 15.4. The molecule has 0 fully saturated rings. The Morgan fingerprint density at radius 2 is 1.93 bits per heavy atom. The summed E-state index contributed by atoms with van der Waals surface area (Å²) in [5.41, 5.74) is 0.956. The molecule has 1 unspecified atom stereocenters. The lowest BCUT2D eigenvalue weighted by molar-refractivity contribution is -0.122. The van der Waals surface area contributed by atoms with E-state index in [1.165, 1.54) is 0 Å². The van der Waals surface area contributed by atoms with Crippen LogP contribution in [0.1, 0.15) is 12.5 Å². The van der Waals surface area contributed by atoms with E-state index >= 15 is 0 Å². The van der Waals surface area contributed by atoms with Gasteiger partial charge >= 0.3 is 0 Å². The average molecular weight is 370 g/mol. The molecule has 1 amide bonds. The van der Waals surface area contributed by atoms with Gasteiger partial charge in [-0.3, -0.25) is 9.69 Å². The van der Waals surface area contributed by atoms with Gasteiger partial charge in [-0.1, -0.05) is 37.3 Å². The van der Waals surface area contributed by atoms with Gasteiger partial charge in [0.15, 0.2) is 11.5 Å². The summed E-state index contributed by atoms with van der Waals surface area (Å²) in [7, 11) is 1.63. The summed E-state index contributed by atoms with van der Waals surface area (Å²) in [4.78, 5) is 14.4. The van der Waals surface area contributed by atoms with Crippen molar-refractivity contribution in [2.75, 3.05) is 33.4 Å². The molecule has 2 aromatic carbocycles. The Kier molecular flexibility index (Phi) is 6.54. The molecule has 6 nitrogen and oxygen atoms in total. The fraction of sp³-hybridized carbons (Fsp3) is 0.381. The van der Waals surface area contributed by atoms with E-state index in [0.29, 0.717) is 26.2 Å². The van der Waals surface area contributed by atoms with Crippen LogP contribution < -0.4 is 19.5 Å². The zero-order valence-corrected chi connectivity index (χ0v) is 15.8. The van der Waals surface area contributed by atoms with Gasteiger partial charge in [0, 0.05) is 18.7 Å². The Morgan fingerprint density at radius 3 is 2.70 bits per heavy atom. The number of amides is 1. The van der Waals surface area contributed by atoms with Crippen molar-refractivity contribution in [2.24, 2.45) is 0 Å². The SMILES string of the molecule is CCN(CC(=O)NCc1ccccc1OC)CC1COc2ccccc2O1. The topological polar surface area (TPSA) is 60.0 Å². The number of carbonyl (C=O) groups excluding carboxylic acids is 1. The van der Waals surface area contributed by atoms with Crippen molar-refractivity contribution in [3.8, 4) is 17.2 Å². The number of likely N-dealkylation sites (N-methyl/N-ethyl adjacent to an activating group) is 1. The number of nitrogens with zero attached hydrogens (tertiary/aromatic N) is 1. The number of para-hydroxylation sites is 3. The van der Waals surface area contributed by atoms with Gasteiger partial charge in [-0.05, 0) is 24.7 Å². The molecule has 0 bridgehead atoms. The van der Waals surface area contributed by atoms with E-state index in [1.807, 2.05) is 55.5 Å². The zero-order valence-electron chi connectivity index (χ0n) is 15.8. The van der Waals surface area contributed by atoms with Crippen LogP contribution in [0.4, 0.5) is 0 Å². The van der Waals surface area contributed by atoms with E-state index < -0.39 is 0 Å². The maximum absolute atomic E-state index is 12.4. The molecule has 1 aliphatic rings. The maximum Gasteiger partial charge on any atom is 0.234 e. The number of benzene rings is 2. The molecular weight excluding hydrogens is 344 g/mol. The number of carbonyl (C=O) groups is 1. The minimum Gasteiger partial charge on any atom is -0.496 e. The Morgan fingerprint density at radius 1 is 1.19 bits per heavy atom. The largest absolute Gasteiger partial charge is 0.496 e. The third-order valence-electron chi connectivity index (χ3n) is 4.51. The quantitative estimate of drug-likeness (QED) is 0.774. The Hall–Kier alpha value is -2.73. The number of fused-ring (bicyclic) bond motifs is 1. The van der Waals surface area contributed by atoms with E-state index in [0.717, 1.165) is 29.4 Å². The highest BCUT2D eigenvalue weighted by atomic mass is 16.6. The van der Waals surface area contributed by atoms with Gasteiger partial charge in [-0.15, -0.1) is 0 Å². The van der Waals surface area contributed by atoms with Gasteiger partial charge in [0.1, 0.15) is 18.5 Å². The van der Waals surface area contributed by atoms with Crippen molar-refractivity contribution >= 4 is 5.91 Å². The average Bonchev–Trinajstić information content (AvgIpc) is 2.71. The second kappa shape index (κ2) is 9.28. The van der Waals surface area contributed by atoms with Crippen molar-refractivity contribution in [3.63, 3.8) is 0 Å². The van der Waals surface area contributed by atoms with Crippen LogP contribution in [0.25, 0.3) is 0 Å². The van der Waals surface area contributed by atoms with Gasteiger partial charge in [-0.25, -0.2) is 0 Å². The summed E-state index contributed by atoms with van der Waals surface area (Å²) in [6.07, 6.45) is -0.0955. The number of rotatable bonds is 8. The van der Waals surface area contributed by atoms with Crippen molar-refractivity contribution in [2.45, 2.75) is 19.6 Å². The summed E-state index contributed by atoms with van der Waals surface area (Å²) in [6.45, 7) is 4.65. The summed E-state index contributed by atoms with van der Waals surface area (Å²) >= 11 is 0. The van der Waals surface area contributed by atoms with E-state index in [4.69, 9.17) is 14.2 Å². The number of ether oxygens (including phenoxy) is 3. The standard InChI is InChI=1S/C21H26N2O4/c1-3-23(13-17-15-26-19-10-6-7-11-20(19)27-17)14-21(24)22-12-16-8-4-5-9-18(16)25-2/h4-11,17H,3,12-15H2,1-2H3,(H,22,24). The molecule has 6 heteroatoms. The lowest BCUT2D eigenvalue weighted by Gasteiger charge is -2.30. The molecule has 27 heavy (non-hydrogen) atoms. The van der Waals surface area contributed by atoms with Crippen molar-refractivity contribution < 1.29 is 19.0 Å². The molecule has 0 aliphatic carbocycles. The summed E-state index contributed by atoms with van der Waals surface area (Å²) in [5.74, 6) is 2.27. The second-order valence-electron chi connectivity index (χ2n) is 6.41. The third kappa shape index (κ3) is 5.14. The first kappa shape index (κ1) is 19.0. The molecule has 0 spiro atoms. The van der Waals surface area contributed by atoms with Crippen LogP contribution in [0, 0.1) is 0 Å². The molecule has 144 valence electrons. The van der Waals surface area contributed by atoms with Gasteiger partial charge in [0.05, 0.1) is 13.7 Å². The maximum atomic E-state index is 12.4. The van der Waals surface area contributed by atoms with Crippen molar-refractivity contribution in [3.05, 3.63) is 54.1 Å². The Labute approximate surface area is 160 Å². The van der Waals surface area contributed by atoms with E-state index in [9.17, 15) is 4.79 Å². The first-order valence-corrected chi connectivity index (χ1v) is 9.19. The Bertz CT molecular complexity index is 765. The van der Waals surface area contributed by atoms with E-state index in [-0.39, 0.29) is 12.0 Å². The van der Waals surface area contributed by atoms with Crippen LogP contribution >= 0.6 is 0 Å². The summed E-state index contributed by atoms with van der Waals surface area (Å²) < 4.78 is 17.1. The second-order valence-corrected chi connectivity index (χ2v) is 6.41. The van der Waals surface area contributed by atoms with Crippen LogP contribution in [0.3, 0.4) is 0 Å². The highest BCUT2D eigenvalue weighted by Gasteiger charge is 2.23. The monoisotopic (exact) mass is 370 g/mol. The molecule has 0 radical (unpaired) electrons. The lowest BCUT2D eigenvalue weighted by Crippen LogP contribution is -2.44. The van der Waals surface area contributed by atoms with E-state index in [1.54, 1.807) is 7.11 Å². The molecule has 0 saturated carbocycles. The predicted molar refractivity (Wildman–Crippen MR) is 103 cm³/mol. The molecule has 1 atom stereocenters. The number of hydrogen-bond donors (Lipinski definition) is 1. The predicted octanol–water partition coefficient (Wildman–Crippen LogP) is 2.47. The van der Waals surface area contributed by atoms with Gasteiger partial charge in [0.25, 0.3) is 0 Å². The Balaban J connectivity index is 1.49. The van der Waals surface area contributed by atoms with Gasteiger partial charge in [-0.2, -0.15) is 0 Å². The number of methoxy groups -OCH3 is 1. The van der Waals surface area contributed by atoms with Crippen LogP contribution in [0.15, 0.2) is 48.5 Å². The highest BCUT2D eigenvalue weighted by Crippen LogP contribution is 2.30. The molecule has 0 aromatic heterocycles. The minimum absolute atomic E-state index is 0.0279. The summed E-state index contributed by atoms with van der Waals surface area (Å²) in [5, 5.41) is 2.96. The smallest absolute Gasteiger partial charge is 0.234 e. The molecule has 2 aromatic rings. The van der Waals surface area contributed by atoms with Crippen LogP contribution in [-0.4, -0.2) is 50.3 Å². The highest BCUT2D eigenvalue weighted by molar-refractivity contribution is 5.78. The molecule has 1 heterocycles.